The van der Waals surface area contributed by atoms with Crippen LogP contribution in [-0.4, -0.2) is 38.3 Å². The number of piperidine rings is 1. The molecule has 0 unspecified atom stereocenters. The minimum absolute atomic E-state index is 0.0245. The summed E-state index contributed by atoms with van der Waals surface area (Å²) in [5.74, 6) is 0.467. The molecule has 0 atom stereocenters. The topological polar surface area (TPSA) is 50.5 Å². The molecule has 0 saturated carbocycles. The highest BCUT2D eigenvalue weighted by Gasteiger charge is 2.27. The Balaban J connectivity index is 1.31. The van der Waals surface area contributed by atoms with Crippen LogP contribution in [0.25, 0.3) is 15.9 Å². The van der Waals surface area contributed by atoms with E-state index < -0.39 is 0 Å². The molecule has 1 amide bonds. The van der Waals surface area contributed by atoms with Gasteiger partial charge in [0.2, 0.25) is 0 Å². The standard InChI is InChI=1S/C20H18N4OS/c25-20(16-13-24-10-4-3-7-18(24)21-16)23-11-8-14(9-12-23)19-22-15-5-1-2-6-17(15)26-19/h1-7,10,13-14H,8-9,11-12H2. The third-order valence-corrected chi connectivity index (χ3v) is 6.22. The number of para-hydroxylation sites is 1. The summed E-state index contributed by atoms with van der Waals surface area (Å²) in [4.78, 5) is 24.0. The smallest absolute Gasteiger partial charge is 0.274 e. The van der Waals surface area contributed by atoms with Crippen LogP contribution >= 0.6 is 11.3 Å². The van der Waals surface area contributed by atoms with E-state index in [2.05, 4.69) is 23.2 Å². The molecule has 5 nitrogen and oxygen atoms in total. The molecule has 6 heteroatoms. The van der Waals surface area contributed by atoms with Crippen LogP contribution in [0, 0.1) is 0 Å². The van der Waals surface area contributed by atoms with Gasteiger partial charge in [0, 0.05) is 31.4 Å². The first-order chi connectivity index (χ1) is 12.8. The van der Waals surface area contributed by atoms with E-state index in [1.54, 1.807) is 11.3 Å². The SMILES string of the molecule is O=C(c1cn2ccccc2n1)N1CCC(c2nc3ccccc3s2)CC1. The van der Waals surface area contributed by atoms with Crippen molar-refractivity contribution in [2.75, 3.05) is 13.1 Å². The number of hydrogen-bond donors (Lipinski definition) is 0. The molecular formula is C20H18N4OS. The molecule has 0 bridgehead atoms. The summed E-state index contributed by atoms with van der Waals surface area (Å²) in [6.07, 6.45) is 5.65. The van der Waals surface area contributed by atoms with Gasteiger partial charge in [0.05, 0.1) is 15.2 Å². The molecule has 1 aliphatic rings. The minimum atomic E-state index is 0.0245. The predicted octanol–water partition coefficient (Wildman–Crippen LogP) is 3.96. The zero-order valence-electron chi connectivity index (χ0n) is 14.2. The van der Waals surface area contributed by atoms with E-state index >= 15 is 0 Å². The van der Waals surface area contributed by atoms with Crippen molar-refractivity contribution in [1.82, 2.24) is 19.3 Å². The van der Waals surface area contributed by atoms with Crippen LogP contribution in [0.3, 0.4) is 0 Å². The molecule has 130 valence electrons. The first kappa shape index (κ1) is 15.5. The van der Waals surface area contributed by atoms with Gasteiger partial charge in [0.1, 0.15) is 11.3 Å². The molecule has 0 aliphatic carbocycles. The number of amides is 1. The Morgan fingerprint density at radius 3 is 2.65 bits per heavy atom. The summed E-state index contributed by atoms with van der Waals surface area (Å²) >= 11 is 1.78. The highest BCUT2D eigenvalue weighted by atomic mass is 32.1. The van der Waals surface area contributed by atoms with Gasteiger partial charge in [-0.3, -0.25) is 4.79 Å². The maximum Gasteiger partial charge on any atom is 0.274 e. The summed E-state index contributed by atoms with van der Waals surface area (Å²) in [6, 6.07) is 14.1. The van der Waals surface area contributed by atoms with E-state index in [-0.39, 0.29) is 5.91 Å². The van der Waals surface area contributed by atoms with Crippen LogP contribution in [0.5, 0.6) is 0 Å². The average Bonchev–Trinajstić information content (AvgIpc) is 3.31. The first-order valence-electron chi connectivity index (χ1n) is 8.86. The van der Waals surface area contributed by atoms with Crippen molar-refractivity contribution < 1.29 is 4.79 Å². The number of likely N-dealkylation sites (tertiary alicyclic amines) is 1. The average molecular weight is 362 g/mol. The van der Waals surface area contributed by atoms with E-state index in [1.165, 1.54) is 9.71 Å². The second-order valence-corrected chi connectivity index (χ2v) is 7.74. The molecule has 4 heterocycles. The second-order valence-electron chi connectivity index (χ2n) is 6.68. The monoisotopic (exact) mass is 362 g/mol. The lowest BCUT2D eigenvalue weighted by Gasteiger charge is -2.30. The quantitative estimate of drug-likeness (QED) is 0.542. The number of fused-ring (bicyclic) bond motifs is 2. The Kier molecular flexibility index (Phi) is 3.71. The number of pyridine rings is 1. The fourth-order valence-corrected chi connectivity index (χ4v) is 4.73. The molecule has 1 fully saturated rings. The van der Waals surface area contributed by atoms with E-state index in [9.17, 15) is 4.79 Å². The van der Waals surface area contributed by atoms with Crippen molar-refractivity contribution in [3.05, 3.63) is 65.6 Å². The maximum absolute atomic E-state index is 12.8. The molecule has 1 saturated heterocycles. The van der Waals surface area contributed by atoms with Gasteiger partial charge in [0.15, 0.2) is 0 Å². The molecule has 4 aromatic rings. The van der Waals surface area contributed by atoms with Crippen LogP contribution in [-0.2, 0) is 0 Å². The van der Waals surface area contributed by atoms with E-state index in [0.717, 1.165) is 37.1 Å². The van der Waals surface area contributed by atoms with Gasteiger partial charge < -0.3 is 9.30 Å². The summed E-state index contributed by atoms with van der Waals surface area (Å²) < 4.78 is 3.13. The number of carbonyl (C=O) groups excluding carboxylic acids is 1. The largest absolute Gasteiger partial charge is 0.337 e. The molecule has 1 aliphatic heterocycles. The molecule has 3 aromatic heterocycles. The van der Waals surface area contributed by atoms with Crippen LogP contribution in [0.1, 0.15) is 34.3 Å². The Labute approximate surface area is 154 Å². The second kappa shape index (κ2) is 6.21. The van der Waals surface area contributed by atoms with E-state index in [0.29, 0.717) is 11.6 Å². The van der Waals surface area contributed by atoms with Crippen molar-refractivity contribution >= 4 is 33.1 Å². The van der Waals surface area contributed by atoms with Crippen molar-refractivity contribution in [2.45, 2.75) is 18.8 Å². The summed E-state index contributed by atoms with van der Waals surface area (Å²) in [5.41, 5.74) is 2.41. The fourth-order valence-electron chi connectivity index (χ4n) is 3.59. The van der Waals surface area contributed by atoms with Crippen molar-refractivity contribution in [2.24, 2.45) is 0 Å². The molecule has 5 rings (SSSR count). The number of carbonyl (C=O) groups is 1. The van der Waals surface area contributed by atoms with E-state index in [4.69, 9.17) is 4.98 Å². The molecular weight excluding hydrogens is 344 g/mol. The van der Waals surface area contributed by atoms with Crippen LogP contribution in [0.2, 0.25) is 0 Å². The molecule has 0 spiro atoms. The molecule has 26 heavy (non-hydrogen) atoms. The van der Waals surface area contributed by atoms with Crippen LogP contribution in [0.4, 0.5) is 0 Å². The Hall–Kier alpha value is -2.73. The molecule has 1 aromatic carbocycles. The van der Waals surface area contributed by atoms with Gasteiger partial charge in [-0.25, -0.2) is 9.97 Å². The third-order valence-electron chi connectivity index (χ3n) is 5.02. The zero-order chi connectivity index (χ0) is 17.5. The number of imidazole rings is 1. The van der Waals surface area contributed by atoms with E-state index in [1.807, 2.05) is 46.0 Å². The number of benzene rings is 1. The summed E-state index contributed by atoms with van der Waals surface area (Å²) in [5, 5.41) is 1.20. The summed E-state index contributed by atoms with van der Waals surface area (Å²) in [6.45, 7) is 1.51. The molecule has 0 N–H and O–H groups in total. The van der Waals surface area contributed by atoms with Crippen LogP contribution in [0.15, 0.2) is 54.9 Å². The lowest BCUT2D eigenvalue weighted by atomic mass is 9.97. The lowest BCUT2D eigenvalue weighted by Crippen LogP contribution is -2.38. The number of hydrogen-bond acceptors (Lipinski definition) is 4. The summed E-state index contributed by atoms with van der Waals surface area (Å²) in [7, 11) is 0. The van der Waals surface area contributed by atoms with Gasteiger partial charge in [-0.1, -0.05) is 18.2 Å². The third kappa shape index (κ3) is 2.66. The maximum atomic E-state index is 12.8. The number of nitrogens with zero attached hydrogens (tertiary/aromatic N) is 4. The zero-order valence-corrected chi connectivity index (χ0v) is 15.0. The Bertz CT molecular complexity index is 1030. The highest BCUT2D eigenvalue weighted by Crippen LogP contribution is 2.34. The normalized spacial score (nSPS) is 15.8. The van der Waals surface area contributed by atoms with Gasteiger partial charge in [0.25, 0.3) is 5.91 Å². The number of rotatable bonds is 2. The lowest BCUT2D eigenvalue weighted by molar-refractivity contribution is 0.0707. The fraction of sp³-hybridized carbons (Fsp3) is 0.250. The Morgan fingerprint density at radius 1 is 1.04 bits per heavy atom. The first-order valence-corrected chi connectivity index (χ1v) is 9.68. The van der Waals surface area contributed by atoms with Gasteiger partial charge in [-0.15, -0.1) is 11.3 Å². The number of aromatic nitrogens is 3. The Morgan fingerprint density at radius 2 is 1.85 bits per heavy atom. The van der Waals surface area contributed by atoms with Crippen molar-refractivity contribution in [3.63, 3.8) is 0 Å². The highest BCUT2D eigenvalue weighted by molar-refractivity contribution is 7.18. The van der Waals surface area contributed by atoms with Crippen LogP contribution < -0.4 is 0 Å². The van der Waals surface area contributed by atoms with Crippen molar-refractivity contribution in [1.29, 1.82) is 0 Å². The number of thiazole rings is 1. The van der Waals surface area contributed by atoms with Gasteiger partial charge in [-0.2, -0.15) is 0 Å². The van der Waals surface area contributed by atoms with Gasteiger partial charge in [-0.05, 0) is 37.1 Å². The predicted molar refractivity (Wildman–Crippen MR) is 103 cm³/mol. The molecule has 0 radical (unpaired) electrons. The van der Waals surface area contributed by atoms with Crippen molar-refractivity contribution in [3.8, 4) is 0 Å². The minimum Gasteiger partial charge on any atom is -0.337 e. The van der Waals surface area contributed by atoms with Gasteiger partial charge >= 0.3 is 0 Å².